The molecule has 0 amide bonds. The zero-order valence-electron chi connectivity index (χ0n) is 22.5. The number of aliphatic carboxylic acids is 1. The van der Waals surface area contributed by atoms with Crippen LogP contribution in [0.1, 0.15) is 66.9 Å². The highest BCUT2D eigenvalue weighted by Gasteiger charge is 2.33. The van der Waals surface area contributed by atoms with Crippen molar-refractivity contribution >= 4 is 24.4 Å². The van der Waals surface area contributed by atoms with Gasteiger partial charge in [-0.05, 0) is 72.1 Å². The summed E-state index contributed by atoms with van der Waals surface area (Å²) in [6.45, 7) is 13.0. The molecular formula is C25H37NO11. The van der Waals surface area contributed by atoms with Gasteiger partial charge in [0.1, 0.15) is 17.2 Å². The second kappa shape index (κ2) is 13.1. The van der Waals surface area contributed by atoms with Crippen LogP contribution in [0.5, 0.6) is 11.5 Å². The maximum absolute atomic E-state index is 12.4. The Bertz CT molecular complexity index is 962. The van der Waals surface area contributed by atoms with E-state index in [2.05, 4.69) is 0 Å². The van der Waals surface area contributed by atoms with Crippen molar-refractivity contribution < 1.29 is 52.7 Å². The van der Waals surface area contributed by atoms with Crippen molar-refractivity contribution in [1.29, 1.82) is 0 Å². The Morgan fingerprint density at radius 1 is 0.865 bits per heavy atom. The second-order valence-corrected chi connectivity index (χ2v) is 10.2. The summed E-state index contributed by atoms with van der Waals surface area (Å²) in [7, 11) is 0. The van der Waals surface area contributed by atoms with Crippen LogP contribution in [0.3, 0.4) is 0 Å². The molecule has 0 aromatic heterocycles. The van der Waals surface area contributed by atoms with Crippen LogP contribution in [-0.4, -0.2) is 60.0 Å². The highest BCUT2D eigenvalue weighted by atomic mass is 16.8. The largest absolute Gasteiger partial charge is 0.514 e. The van der Waals surface area contributed by atoms with Gasteiger partial charge in [-0.1, -0.05) is 13.0 Å². The molecule has 3 atom stereocenters. The van der Waals surface area contributed by atoms with Crippen LogP contribution in [0.4, 0.5) is 14.4 Å². The summed E-state index contributed by atoms with van der Waals surface area (Å²) in [6, 6.07) is 2.64. The number of hydrogen-bond donors (Lipinski definition) is 2. The van der Waals surface area contributed by atoms with Crippen LogP contribution in [0.15, 0.2) is 18.2 Å². The number of carboxylic acid groups (broad SMARTS) is 1. The summed E-state index contributed by atoms with van der Waals surface area (Å²) < 4.78 is 30.7. The van der Waals surface area contributed by atoms with Crippen LogP contribution in [0, 0.1) is 5.92 Å². The molecule has 0 bridgehead atoms. The Kier molecular flexibility index (Phi) is 11.2. The minimum atomic E-state index is -1.42. The van der Waals surface area contributed by atoms with E-state index in [0.29, 0.717) is 5.56 Å². The van der Waals surface area contributed by atoms with Crippen molar-refractivity contribution in [2.24, 2.45) is 11.7 Å². The summed E-state index contributed by atoms with van der Waals surface area (Å²) in [6.07, 6.45) is -3.05. The Balaban J connectivity index is 3.41. The molecule has 1 aromatic carbocycles. The lowest BCUT2D eigenvalue weighted by molar-refractivity contribution is -0.139. The predicted octanol–water partition coefficient (Wildman–Crippen LogP) is 4.62. The number of rotatable bonds is 9. The molecule has 0 saturated heterocycles. The highest BCUT2D eigenvalue weighted by Crippen LogP contribution is 2.36. The fourth-order valence-electron chi connectivity index (χ4n) is 3.12. The number of carbonyl (C=O) groups is 4. The van der Waals surface area contributed by atoms with Gasteiger partial charge in [-0.2, -0.15) is 0 Å². The quantitative estimate of drug-likeness (QED) is 0.260. The van der Waals surface area contributed by atoms with Crippen LogP contribution in [-0.2, 0) is 23.7 Å². The molecular weight excluding hydrogens is 490 g/mol. The molecule has 0 aliphatic carbocycles. The lowest BCUT2D eigenvalue weighted by Crippen LogP contribution is -2.40. The van der Waals surface area contributed by atoms with Gasteiger partial charge in [-0.25, -0.2) is 14.4 Å². The zero-order chi connectivity index (χ0) is 28.6. The third-order valence-electron chi connectivity index (χ3n) is 4.53. The van der Waals surface area contributed by atoms with Crippen LogP contribution in [0.25, 0.3) is 0 Å². The molecule has 0 spiro atoms. The maximum atomic E-state index is 12.4. The normalized spacial score (nSPS) is 14.0. The molecule has 208 valence electrons. The number of ether oxygens (including phenoxy) is 6. The van der Waals surface area contributed by atoms with E-state index in [1.165, 1.54) is 18.2 Å². The SMILES string of the molecule is CCOC(=O)OCC(C)C(c1ccc(OC(=O)OC(C)(C)C)c(OC(=O)OC(C)(C)C)c1)[C@H](N)C(=O)O. The van der Waals surface area contributed by atoms with Crippen molar-refractivity contribution in [3.8, 4) is 11.5 Å². The molecule has 3 N–H and O–H groups in total. The molecule has 0 aliphatic heterocycles. The van der Waals surface area contributed by atoms with Crippen molar-refractivity contribution in [3.63, 3.8) is 0 Å². The third-order valence-corrected chi connectivity index (χ3v) is 4.53. The van der Waals surface area contributed by atoms with E-state index in [1.807, 2.05) is 0 Å². The van der Waals surface area contributed by atoms with Crippen molar-refractivity contribution in [1.82, 2.24) is 0 Å². The lowest BCUT2D eigenvalue weighted by Gasteiger charge is -2.28. The average molecular weight is 528 g/mol. The molecule has 12 heteroatoms. The number of carboxylic acids is 1. The summed E-state index contributed by atoms with van der Waals surface area (Å²) in [4.78, 5) is 48.0. The van der Waals surface area contributed by atoms with Gasteiger partial charge < -0.3 is 39.3 Å². The fourth-order valence-corrected chi connectivity index (χ4v) is 3.12. The molecule has 1 aromatic rings. The van der Waals surface area contributed by atoms with E-state index >= 15 is 0 Å². The van der Waals surface area contributed by atoms with Gasteiger partial charge in [0.05, 0.1) is 13.2 Å². The smallest absolute Gasteiger partial charge is 0.480 e. The number of nitrogens with two attached hydrogens (primary N) is 1. The Labute approximate surface area is 216 Å². The van der Waals surface area contributed by atoms with E-state index in [-0.39, 0.29) is 24.7 Å². The van der Waals surface area contributed by atoms with Gasteiger partial charge in [0, 0.05) is 5.92 Å². The van der Waals surface area contributed by atoms with Crippen molar-refractivity contribution in [3.05, 3.63) is 23.8 Å². The summed E-state index contributed by atoms with van der Waals surface area (Å²) in [5, 5.41) is 9.60. The van der Waals surface area contributed by atoms with Crippen molar-refractivity contribution in [2.75, 3.05) is 13.2 Å². The number of hydrogen-bond acceptors (Lipinski definition) is 11. The minimum absolute atomic E-state index is 0.107. The molecule has 12 nitrogen and oxygen atoms in total. The molecule has 2 unspecified atom stereocenters. The number of carbonyl (C=O) groups excluding carboxylic acids is 3. The van der Waals surface area contributed by atoms with Gasteiger partial charge in [0.2, 0.25) is 0 Å². The van der Waals surface area contributed by atoms with Crippen LogP contribution in [0.2, 0.25) is 0 Å². The first-order valence-corrected chi connectivity index (χ1v) is 11.7. The van der Waals surface area contributed by atoms with Gasteiger partial charge in [-0.15, -0.1) is 0 Å². The highest BCUT2D eigenvalue weighted by molar-refractivity contribution is 5.75. The van der Waals surface area contributed by atoms with Crippen LogP contribution >= 0.6 is 0 Å². The molecule has 0 radical (unpaired) electrons. The Morgan fingerprint density at radius 2 is 1.38 bits per heavy atom. The van der Waals surface area contributed by atoms with E-state index in [0.717, 1.165) is 0 Å². The minimum Gasteiger partial charge on any atom is -0.480 e. The van der Waals surface area contributed by atoms with Crippen molar-refractivity contribution in [2.45, 2.75) is 78.6 Å². The molecule has 1 rings (SSSR count). The molecule has 0 saturated carbocycles. The average Bonchev–Trinajstić information content (AvgIpc) is 2.71. The zero-order valence-corrected chi connectivity index (χ0v) is 22.5. The Hall–Kier alpha value is -3.54. The molecule has 0 aliphatic rings. The summed E-state index contributed by atoms with van der Waals surface area (Å²) in [5.74, 6) is -3.25. The fraction of sp³-hybridized carbons (Fsp3) is 0.600. The third kappa shape index (κ3) is 11.4. The Morgan fingerprint density at radius 3 is 1.84 bits per heavy atom. The standard InChI is InChI=1S/C25H37NO11/c1-9-32-21(29)33-13-14(2)18(19(26)20(27)28)15-10-11-16(34-22(30)36-24(3,4)5)17(12-15)35-23(31)37-25(6,7)8/h10-12,14,18-19H,9,13,26H2,1-8H3,(H,27,28)/t14?,18?,19-/m0/s1. The first-order chi connectivity index (χ1) is 16.9. The van der Waals surface area contributed by atoms with E-state index in [4.69, 9.17) is 34.2 Å². The summed E-state index contributed by atoms with van der Waals surface area (Å²) in [5.41, 5.74) is 4.55. The first-order valence-electron chi connectivity index (χ1n) is 11.7. The van der Waals surface area contributed by atoms with E-state index in [9.17, 15) is 24.3 Å². The second-order valence-electron chi connectivity index (χ2n) is 10.2. The molecule has 37 heavy (non-hydrogen) atoms. The van der Waals surface area contributed by atoms with Crippen LogP contribution < -0.4 is 15.2 Å². The van der Waals surface area contributed by atoms with Gasteiger partial charge in [-0.3, -0.25) is 4.79 Å². The molecule has 0 heterocycles. The monoisotopic (exact) mass is 527 g/mol. The maximum Gasteiger partial charge on any atom is 0.514 e. The lowest BCUT2D eigenvalue weighted by atomic mass is 9.82. The predicted molar refractivity (Wildman–Crippen MR) is 131 cm³/mol. The number of benzene rings is 1. The van der Waals surface area contributed by atoms with E-state index in [1.54, 1.807) is 55.4 Å². The van der Waals surface area contributed by atoms with Gasteiger partial charge in [0.25, 0.3) is 0 Å². The molecule has 0 fully saturated rings. The van der Waals surface area contributed by atoms with E-state index < -0.39 is 53.5 Å². The van der Waals surface area contributed by atoms with Gasteiger partial charge in [0.15, 0.2) is 11.5 Å². The first kappa shape index (κ1) is 31.5. The van der Waals surface area contributed by atoms with Gasteiger partial charge >= 0.3 is 24.4 Å². The summed E-state index contributed by atoms with van der Waals surface area (Å²) >= 11 is 0. The topological polar surface area (TPSA) is 170 Å².